The molecule has 0 bridgehead atoms. The molecule has 1 aliphatic carbocycles. The lowest BCUT2D eigenvalue weighted by Gasteiger charge is -2.28. The summed E-state index contributed by atoms with van der Waals surface area (Å²) in [5.74, 6) is 0. The van der Waals surface area contributed by atoms with Crippen molar-refractivity contribution in [2.24, 2.45) is 0 Å². The third-order valence-electron chi connectivity index (χ3n) is 6.12. The van der Waals surface area contributed by atoms with E-state index in [-0.39, 0.29) is 33.0 Å². The fourth-order valence-electron chi connectivity index (χ4n) is 4.26. The highest BCUT2D eigenvalue weighted by Gasteiger charge is 2.41. The largest absolute Gasteiger partial charge is 0.418 e. The van der Waals surface area contributed by atoms with Crippen LogP contribution in [-0.2, 0) is 25.5 Å². The zero-order valence-corrected chi connectivity index (χ0v) is 18.5. The SMILES string of the molecule is O=S(=O)(c1ccc(C(OC2CCOCC2)c2[nH]c3ncccc3c2C(F)(F)F)cc1)C1CC1. The number of nitrogens with zero attached hydrogens (tertiary/aromatic N) is 1. The van der Waals surface area contributed by atoms with Crippen LogP contribution >= 0.6 is 0 Å². The summed E-state index contributed by atoms with van der Waals surface area (Å²) in [6.07, 6.45) is -2.18. The monoisotopic (exact) mass is 480 g/mol. The van der Waals surface area contributed by atoms with E-state index in [1.165, 1.54) is 30.5 Å². The molecule has 2 fully saturated rings. The molecule has 0 amide bonds. The molecular formula is C23H23F3N2O4S. The Morgan fingerprint density at radius 3 is 2.39 bits per heavy atom. The molecule has 6 nitrogen and oxygen atoms in total. The lowest BCUT2D eigenvalue weighted by Crippen LogP contribution is -2.26. The summed E-state index contributed by atoms with van der Waals surface area (Å²) in [5.41, 5.74) is -0.403. The lowest BCUT2D eigenvalue weighted by atomic mass is 10.0. The predicted molar refractivity (Wildman–Crippen MR) is 115 cm³/mol. The minimum Gasteiger partial charge on any atom is -0.381 e. The summed E-state index contributed by atoms with van der Waals surface area (Å²) in [6, 6.07) is 8.83. The first-order valence-electron chi connectivity index (χ1n) is 10.9. The summed E-state index contributed by atoms with van der Waals surface area (Å²) in [4.78, 5) is 7.06. The van der Waals surface area contributed by atoms with E-state index >= 15 is 0 Å². The third-order valence-corrected chi connectivity index (χ3v) is 8.39. The summed E-state index contributed by atoms with van der Waals surface area (Å²) >= 11 is 0. The molecular weight excluding hydrogens is 457 g/mol. The molecule has 1 aliphatic heterocycles. The number of H-pyrrole nitrogens is 1. The van der Waals surface area contributed by atoms with Crippen molar-refractivity contribution < 1.29 is 31.1 Å². The standard InChI is InChI=1S/C23H23F3N2O4S/c24-23(25,26)19-18-2-1-11-27-22(18)28-20(19)21(32-15-9-12-31-13-10-15)14-3-5-16(6-4-14)33(29,30)17-7-8-17/h1-6,11,15,17,21H,7-10,12-13H2,(H,27,28). The zero-order chi connectivity index (χ0) is 23.2. The number of fused-ring (bicyclic) bond motifs is 1. The van der Waals surface area contributed by atoms with Crippen molar-refractivity contribution in [3.63, 3.8) is 0 Å². The van der Waals surface area contributed by atoms with Crippen LogP contribution in [0.5, 0.6) is 0 Å². The zero-order valence-electron chi connectivity index (χ0n) is 17.6. The van der Waals surface area contributed by atoms with Crippen molar-refractivity contribution in [1.29, 1.82) is 0 Å². The summed E-state index contributed by atoms with van der Waals surface area (Å²) in [6.45, 7) is 0.937. The van der Waals surface area contributed by atoms with Crippen LogP contribution in [0.1, 0.15) is 48.6 Å². The van der Waals surface area contributed by atoms with Gasteiger partial charge in [0.05, 0.1) is 27.5 Å². The Morgan fingerprint density at radius 2 is 1.76 bits per heavy atom. The molecule has 176 valence electrons. The number of hydrogen-bond donors (Lipinski definition) is 1. The van der Waals surface area contributed by atoms with Gasteiger partial charge in [0.25, 0.3) is 0 Å². The van der Waals surface area contributed by atoms with Gasteiger partial charge in [-0.15, -0.1) is 0 Å². The van der Waals surface area contributed by atoms with Crippen molar-refractivity contribution in [3.8, 4) is 0 Å². The van der Waals surface area contributed by atoms with Crippen molar-refractivity contribution in [1.82, 2.24) is 9.97 Å². The molecule has 3 heterocycles. The fourth-order valence-corrected chi connectivity index (χ4v) is 5.92. The molecule has 2 aromatic heterocycles. The van der Waals surface area contributed by atoms with Crippen molar-refractivity contribution in [2.45, 2.75) is 54.2 Å². The smallest absolute Gasteiger partial charge is 0.381 e. The highest BCUT2D eigenvalue weighted by atomic mass is 32.2. The molecule has 1 saturated heterocycles. The van der Waals surface area contributed by atoms with E-state index in [1.807, 2.05) is 0 Å². The van der Waals surface area contributed by atoms with Gasteiger partial charge in [0, 0.05) is 24.8 Å². The minimum absolute atomic E-state index is 0.0338. The number of alkyl halides is 3. The van der Waals surface area contributed by atoms with E-state index in [2.05, 4.69) is 9.97 Å². The average Bonchev–Trinajstić information content (AvgIpc) is 3.58. The van der Waals surface area contributed by atoms with Crippen LogP contribution in [-0.4, -0.2) is 43.0 Å². The summed E-state index contributed by atoms with van der Waals surface area (Å²) < 4.78 is 79.2. The van der Waals surface area contributed by atoms with Gasteiger partial charge in [0.15, 0.2) is 9.84 Å². The molecule has 0 radical (unpaired) electrons. The summed E-state index contributed by atoms with van der Waals surface area (Å²) in [5, 5.41) is -0.400. The quantitative estimate of drug-likeness (QED) is 0.548. The highest BCUT2D eigenvalue weighted by molar-refractivity contribution is 7.92. The molecule has 0 spiro atoms. The van der Waals surface area contributed by atoms with Gasteiger partial charge in [-0.2, -0.15) is 13.2 Å². The maximum Gasteiger partial charge on any atom is 0.418 e. The van der Waals surface area contributed by atoms with Gasteiger partial charge in [-0.3, -0.25) is 0 Å². The van der Waals surface area contributed by atoms with E-state index in [4.69, 9.17) is 9.47 Å². The lowest BCUT2D eigenvalue weighted by molar-refractivity contribution is -0.139. The average molecular weight is 481 g/mol. The van der Waals surface area contributed by atoms with Gasteiger partial charge in [0.2, 0.25) is 0 Å². The fraction of sp³-hybridized carbons (Fsp3) is 0.435. The number of sulfone groups is 1. The van der Waals surface area contributed by atoms with Gasteiger partial charge in [-0.05, 0) is 55.5 Å². The van der Waals surface area contributed by atoms with Crippen LogP contribution in [0.15, 0.2) is 47.5 Å². The maximum absolute atomic E-state index is 14.2. The molecule has 1 unspecified atom stereocenters. The number of ether oxygens (including phenoxy) is 2. The molecule has 1 saturated carbocycles. The minimum atomic E-state index is -4.64. The van der Waals surface area contributed by atoms with E-state index in [0.717, 1.165) is 0 Å². The van der Waals surface area contributed by atoms with E-state index < -0.39 is 27.7 Å². The van der Waals surface area contributed by atoms with Crippen LogP contribution in [0.25, 0.3) is 11.0 Å². The predicted octanol–water partition coefficient (Wildman–Crippen LogP) is 4.80. The Kier molecular flexibility index (Phi) is 5.70. The van der Waals surface area contributed by atoms with Gasteiger partial charge in [0.1, 0.15) is 11.8 Å². The number of pyridine rings is 1. The normalized spacial score (nSPS) is 19.1. The molecule has 1 N–H and O–H groups in total. The van der Waals surface area contributed by atoms with Crippen molar-refractivity contribution in [3.05, 3.63) is 59.4 Å². The summed E-state index contributed by atoms with van der Waals surface area (Å²) in [7, 11) is -3.41. The molecule has 1 atom stereocenters. The Morgan fingerprint density at radius 1 is 1.06 bits per heavy atom. The second kappa shape index (κ2) is 8.41. The Balaban J connectivity index is 1.60. The van der Waals surface area contributed by atoms with E-state index in [0.29, 0.717) is 44.5 Å². The Hall–Kier alpha value is -2.43. The van der Waals surface area contributed by atoms with Crippen LogP contribution in [0.4, 0.5) is 13.2 Å². The number of hydrogen-bond acceptors (Lipinski definition) is 5. The van der Waals surface area contributed by atoms with Gasteiger partial charge in [-0.25, -0.2) is 13.4 Å². The van der Waals surface area contributed by atoms with Crippen LogP contribution in [0.2, 0.25) is 0 Å². The third kappa shape index (κ3) is 4.39. The Labute approximate surface area is 189 Å². The van der Waals surface area contributed by atoms with Gasteiger partial charge >= 0.3 is 6.18 Å². The molecule has 1 aromatic carbocycles. The van der Waals surface area contributed by atoms with Crippen LogP contribution < -0.4 is 0 Å². The number of halogens is 3. The highest BCUT2D eigenvalue weighted by Crippen LogP contribution is 2.43. The van der Waals surface area contributed by atoms with E-state index in [1.54, 1.807) is 12.1 Å². The number of aromatic nitrogens is 2. The van der Waals surface area contributed by atoms with E-state index in [9.17, 15) is 21.6 Å². The Bertz CT molecular complexity index is 1240. The number of nitrogens with one attached hydrogen (secondary N) is 1. The molecule has 3 aromatic rings. The molecule has 10 heteroatoms. The topological polar surface area (TPSA) is 81.3 Å². The van der Waals surface area contributed by atoms with Crippen LogP contribution in [0.3, 0.4) is 0 Å². The van der Waals surface area contributed by atoms with Gasteiger partial charge < -0.3 is 14.5 Å². The second-order valence-corrected chi connectivity index (χ2v) is 10.7. The number of benzene rings is 1. The first-order valence-corrected chi connectivity index (χ1v) is 12.4. The molecule has 2 aliphatic rings. The van der Waals surface area contributed by atoms with Gasteiger partial charge in [-0.1, -0.05) is 12.1 Å². The first kappa shape index (κ1) is 22.4. The van der Waals surface area contributed by atoms with Crippen LogP contribution in [0, 0.1) is 0 Å². The van der Waals surface area contributed by atoms with Crippen molar-refractivity contribution >= 4 is 20.9 Å². The van der Waals surface area contributed by atoms with Crippen molar-refractivity contribution in [2.75, 3.05) is 13.2 Å². The molecule has 33 heavy (non-hydrogen) atoms. The second-order valence-electron chi connectivity index (χ2n) is 8.45. The molecule has 5 rings (SSSR count). The number of aromatic amines is 1. The number of rotatable bonds is 6. The maximum atomic E-state index is 14.2. The first-order chi connectivity index (χ1) is 15.7.